The summed E-state index contributed by atoms with van der Waals surface area (Å²) in [4.78, 5) is 28.1. The van der Waals surface area contributed by atoms with Gasteiger partial charge >= 0.3 is 0 Å². The minimum Gasteiger partial charge on any atom is -0.496 e. The molecule has 1 aliphatic heterocycles. The number of hydrogen-bond acceptors (Lipinski definition) is 4. The van der Waals surface area contributed by atoms with Gasteiger partial charge in [-0.25, -0.2) is 0 Å². The molecule has 2 atom stereocenters. The van der Waals surface area contributed by atoms with E-state index in [0.29, 0.717) is 38.1 Å². The van der Waals surface area contributed by atoms with Gasteiger partial charge in [0, 0.05) is 36.9 Å². The zero-order chi connectivity index (χ0) is 29.0. The maximum Gasteiger partial charge on any atom is 0.243 e. The van der Waals surface area contributed by atoms with Crippen molar-refractivity contribution >= 4 is 22.5 Å². The van der Waals surface area contributed by atoms with Crippen molar-refractivity contribution in [2.75, 3.05) is 20.2 Å². The van der Waals surface area contributed by atoms with Crippen molar-refractivity contribution in [2.24, 2.45) is 11.3 Å². The average molecular weight is 545 g/mol. The number of ether oxygens (including phenoxy) is 1. The lowest BCUT2D eigenvalue weighted by Crippen LogP contribution is -2.49. The Morgan fingerprint density at radius 3 is 2.07 bits per heavy atom. The Bertz CT molecular complexity index is 1570. The second-order valence-electron chi connectivity index (χ2n) is 11.0. The van der Waals surface area contributed by atoms with Gasteiger partial charge < -0.3 is 9.64 Å². The second kappa shape index (κ2) is 12.0. The van der Waals surface area contributed by atoms with Crippen molar-refractivity contribution in [2.45, 2.75) is 39.0 Å². The Balaban J connectivity index is 0.000000490. The summed E-state index contributed by atoms with van der Waals surface area (Å²) in [5, 5.41) is 12.7. The summed E-state index contributed by atoms with van der Waals surface area (Å²) in [6.07, 6.45) is 1.81. The van der Waals surface area contributed by atoms with Crippen LogP contribution in [-0.4, -0.2) is 36.8 Å². The molecule has 0 bridgehead atoms. The molecule has 1 amide bonds. The first-order valence-electron chi connectivity index (χ1n) is 14.4. The monoisotopic (exact) mass is 544 g/mol. The van der Waals surface area contributed by atoms with Crippen LogP contribution < -0.4 is 4.74 Å². The summed E-state index contributed by atoms with van der Waals surface area (Å²) < 4.78 is 5.71. The van der Waals surface area contributed by atoms with Crippen molar-refractivity contribution in [1.29, 1.82) is 5.26 Å². The summed E-state index contributed by atoms with van der Waals surface area (Å²) in [5.74, 6) is 0.152. The first-order chi connectivity index (χ1) is 19.9. The summed E-state index contributed by atoms with van der Waals surface area (Å²) >= 11 is 0. The van der Waals surface area contributed by atoms with Gasteiger partial charge in [0.2, 0.25) is 5.91 Å². The molecule has 1 fully saturated rings. The molecule has 5 nitrogen and oxygen atoms in total. The van der Waals surface area contributed by atoms with Gasteiger partial charge in [0.25, 0.3) is 0 Å². The zero-order valence-electron chi connectivity index (χ0n) is 24.0. The van der Waals surface area contributed by atoms with Gasteiger partial charge in [-0.2, -0.15) is 5.26 Å². The number of nitriles is 1. The quantitative estimate of drug-likeness (QED) is 0.214. The number of hydrogen-bond donors (Lipinski definition) is 0. The lowest BCUT2D eigenvalue weighted by atomic mass is 9.68. The van der Waals surface area contributed by atoms with E-state index in [1.807, 2.05) is 73.7 Å². The van der Waals surface area contributed by atoms with Gasteiger partial charge in [-0.05, 0) is 53.3 Å². The number of amides is 1. The van der Waals surface area contributed by atoms with Crippen molar-refractivity contribution < 1.29 is 14.3 Å². The van der Waals surface area contributed by atoms with E-state index in [-0.39, 0.29) is 17.6 Å². The highest BCUT2D eigenvalue weighted by Crippen LogP contribution is 2.47. The highest BCUT2D eigenvalue weighted by atomic mass is 16.5. The number of methoxy groups -OCH3 is 1. The standard InChI is InChI=1S/C30H32N2O3.C6H4/c1-4-26(33)22-16-18-32(19-17-22)29(34)30(2,20-31)28(25-13-7-8-15-27(25)35-3)24-14-9-11-21-10-5-6-12-23(21)24;1-2-6-4-3-5(1)6/h5-15,22,28H,4,16-19H2,1-3H3;1-4H/t28-,30+;/m0./s1. The highest BCUT2D eigenvalue weighted by molar-refractivity contribution is 5.92. The van der Waals surface area contributed by atoms with Gasteiger partial charge in [-0.1, -0.05) is 91.9 Å². The number of ketones is 1. The lowest BCUT2D eigenvalue weighted by molar-refractivity contribution is -0.141. The molecule has 0 aromatic heterocycles. The van der Waals surface area contributed by atoms with E-state index in [1.165, 1.54) is 11.1 Å². The van der Waals surface area contributed by atoms with Crippen LogP contribution in [0, 0.1) is 22.7 Å². The molecule has 2 aliphatic carbocycles. The highest BCUT2D eigenvalue weighted by Gasteiger charge is 2.48. The fraction of sp³-hybridized carbons (Fsp3) is 0.306. The average Bonchev–Trinajstić information content (AvgIpc) is 3.02. The summed E-state index contributed by atoms with van der Waals surface area (Å²) in [6, 6.07) is 32.6. The molecule has 1 saturated heterocycles. The van der Waals surface area contributed by atoms with Crippen molar-refractivity contribution in [3.8, 4) is 22.9 Å². The van der Waals surface area contributed by atoms with E-state index in [2.05, 4.69) is 30.3 Å². The molecule has 0 radical (unpaired) electrons. The molecular formula is C36H36N2O3. The van der Waals surface area contributed by atoms with Crippen LogP contribution in [0.5, 0.6) is 5.75 Å². The Hall–Kier alpha value is -4.43. The molecule has 6 rings (SSSR count). The van der Waals surface area contributed by atoms with Gasteiger partial charge in [0.15, 0.2) is 0 Å². The third kappa shape index (κ3) is 5.35. The third-order valence-corrected chi connectivity index (χ3v) is 8.64. The summed E-state index contributed by atoms with van der Waals surface area (Å²) in [7, 11) is 1.61. The predicted molar refractivity (Wildman–Crippen MR) is 163 cm³/mol. The molecule has 0 N–H and O–H groups in total. The van der Waals surface area contributed by atoms with Crippen LogP contribution in [0.4, 0.5) is 0 Å². The Morgan fingerprint density at radius 2 is 1.49 bits per heavy atom. The molecular weight excluding hydrogens is 508 g/mol. The van der Waals surface area contributed by atoms with Crippen molar-refractivity contribution in [3.63, 3.8) is 0 Å². The molecule has 3 aromatic rings. The number of Topliss-reactive ketones (excluding diaryl/α,β-unsaturated/α-hetero) is 1. The van der Waals surface area contributed by atoms with E-state index in [9.17, 15) is 14.9 Å². The minimum absolute atomic E-state index is 0.000438. The maximum atomic E-state index is 14.1. The van der Waals surface area contributed by atoms with Crippen LogP contribution in [0.3, 0.4) is 0 Å². The summed E-state index contributed by atoms with van der Waals surface area (Å²) in [6.45, 7) is 4.60. The fourth-order valence-electron chi connectivity index (χ4n) is 6.12. The number of likely N-dealkylation sites (tertiary alicyclic amines) is 1. The van der Waals surface area contributed by atoms with E-state index in [1.54, 1.807) is 18.9 Å². The number of benzene rings is 4. The number of nitrogens with zero attached hydrogens (tertiary/aromatic N) is 2. The largest absolute Gasteiger partial charge is 0.496 e. The number of rotatable bonds is 7. The molecule has 3 aromatic carbocycles. The number of fused-ring (bicyclic) bond motifs is 2. The van der Waals surface area contributed by atoms with Crippen LogP contribution in [0.2, 0.25) is 0 Å². The second-order valence-corrected chi connectivity index (χ2v) is 11.0. The van der Waals surface area contributed by atoms with Crippen LogP contribution in [0.15, 0.2) is 91.0 Å². The van der Waals surface area contributed by atoms with Gasteiger partial charge in [-0.3, -0.25) is 9.59 Å². The third-order valence-electron chi connectivity index (χ3n) is 8.64. The Morgan fingerprint density at radius 1 is 0.902 bits per heavy atom. The SMILES string of the molecule is CCC(=O)C1CCN(C(=O)[C@](C)(C#N)[C@H](c2ccccc2OC)c2cccc3ccccc23)CC1.c1cc2ccc1-2. The smallest absolute Gasteiger partial charge is 0.243 e. The number of piperidine rings is 1. The molecule has 0 saturated carbocycles. The van der Waals surface area contributed by atoms with Crippen LogP contribution in [0.1, 0.15) is 50.2 Å². The first-order valence-corrected chi connectivity index (χ1v) is 14.4. The van der Waals surface area contributed by atoms with E-state index < -0.39 is 11.3 Å². The van der Waals surface area contributed by atoms with E-state index >= 15 is 0 Å². The minimum atomic E-state index is -1.37. The van der Waals surface area contributed by atoms with Crippen molar-refractivity contribution in [1.82, 2.24) is 4.90 Å². The topological polar surface area (TPSA) is 70.4 Å². The number of carbonyl (C=O) groups excluding carboxylic acids is 2. The Kier molecular flexibility index (Phi) is 8.21. The molecule has 1 heterocycles. The molecule has 208 valence electrons. The zero-order valence-corrected chi connectivity index (χ0v) is 24.0. The van der Waals surface area contributed by atoms with Gasteiger partial charge in [-0.15, -0.1) is 0 Å². The molecule has 41 heavy (non-hydrogen) atoms. The molecule has 5 heteroatoms. The van der Waals surface area contributed by atoms with Gasteiger partial charge in [0.1, 0.15) is 16.9 Å². The van der Waals surface area contributed by atoms with E-state index in [4.69, 9.17) is 4.74 Å². The number of carbonyl (C=O) groups is 2. The van der Waals surface area contributed by atoms with Crippen LogP contribution >= 0.6 is 0 Å². The number of para-hydroxylation sites is 1. The van der Waals surface area contributed by atoms with Gasteiger partial charge in [0.05, 0.1) is 13.2 Å². The normalized spacial score (nSPS) is 16.0. The molecule has 0 spiro atoms. The van der Waals surface area contributed by atoms with E-state index in [0.717, 1.165) is 21.9 Å². The predicted octanol–water partition coefficient (Wildman–Crippen LogP) is 7.39. The fourth-order valence-corrected chi connectivity index (χ4v) is 6.12. The maximum absolute atomic E-state index is 14.1. The first kappa shape index (κ1) is 28.1. The Labute approximate surface area is 242 Å². The van der Waals surface area contributed by atoms with Crippen LogP contribution in [-0.2, 0) is 9.59 Å². The molecule has 3 aliphatic rings. The summed E-state index contributed by atoms with van der Waals surface area (Å²) in [5.41, 5.74) is 3.20. The lowest BCUT2D eigenvalue weighted by Gasteiger charge is -2.39. The van der Waals surface area contributed by atoms with Crippen LogP contribution in [0.25, 0.3) is 21.9 Å². The van der Waals surface area contributed by atoms with Crippen molar-refractivity contribution in [3.05, 3.63) is 102 Å². The molecule has 0 unspecified atom stereocenters.